The van der Waals surface area contributed by atoms with Gasteiger partial charge >= 0.3 is 6.03 Å². The molecule has 6 rings (SSSR count). The van der Waals surface area contributed by atoms with Crippen molar-refractivity contribution in [3.05, 3.63) is 90.2 Å². The summed E-state index contributed by atoms with van der Waals surface area (Å²) < 4.78 is 5.86. The molecular weight excluding hydrogens is 524 g/mol. The second-order valence-electron chi connectivity index (χ2n) is 9.71. The van der Waals surface area contributed by atoms with Gasteiger partial charge in [0.25, 0.3) is 5.91 Å². The standard InChI is InChI=1S/C30H28N6O3S/c1-4-18(2)35-16-8-9-20(17-35)33-28(37)27-26-25-23(14-15-31-29(25)40-27)36(30(38)34-26)22-12-13-24(32-19(22)3)39-21-10-6-5-7-11-21/h4-7,10-15,20H,1-2,8-9,16-17H2,3H3,(H,33,37)(H,34,38). The van der Waals surface area contributed by atoms with E-state index in [1.54, 1.807) is 29.3 Å². The Morgan fingerprint density at radius 3 is 2.80 bits per heavy atom. The van der Waals surface area contributed by atoms with Gasteiger partial charge in [-0.15, -0.1) is 11.3 Å². The number of hydrogen-bond donors (Lipinski definition) is 2. The van der Waals surface area contributed by atoms with Crippen LogP contribution in [0.3, 0.4) is 0 Å². The van der Waals surface area contributed by atoms with Crippen molar-refractivity contribution >= 4 is 50.6 Å². The molecule has 5 heterocycles. The largest absolute Gasteiger partial charge is 0.439 e. The lowest BCUT2D eigenvalue weighted by molar-refractivity contribution is 0.0920. The van der Waals surface area contributed by atoms with E-state index in [-0.39, 0.29) is 18.0 Å². The summed E-state index contributed by atoms with van der Waals surface area (Å²) in [4.78, 5) is 40.9. The predicted octanol–water partition coefficient (Wildman–Crippen LogP) is 6.37. The van der Waals surface area contributed by atoms with E-state index in [9.17, 15) is 9.59 Å². The van der Waals surface area contributed by atoms with Gasteiger partial charge in [0.2, 0.25) is 5.88 Å². The van der Waals surface area contributed by atoms with Crippen molar-refractivity contribution in [3.8, 4) is 11.6 Å². The number of amides is 3. The molecule has 2 N–H and O–H groups in total. The van der Waals surface area contributed by atoms with Crippen LogP contribution in [0.5, 0.6) is 11.6 Å². The number of thiophene rings is 1. The highest BCUT2D eigenvalue weighted by atomic mass is 32.1. The van der Waals surface area contributed by atoms with Crippen LogP contribution < -0.4 is 20.3 Å². The van der Waals surface area contributed by atoms with Crippen molar-refractivity contribution in [2.24, 2.45) is 0 Å². The molecule has 0 saturated carbocycles. The van der Waals surface area contributed by atoms with E-state index in [1.165, 1.54) is 11.3 Å². The smallest absolute Gasteiger partial charge is 0.331 e. The van der Waals surface area contributed by atoms with Crippen LogP contribution >= 0.6 is 11.3 Å². The van der Waals surface area contributed by atoms with Crippen LogP contribution in [-0.4, -0.2) is 45.9 Å². The number of rotatable bonds is 7. The molecule has 0 radical (unpaired) electrons. The number of aromatic nitrogens is 2. The molecule has 2 aliphatic heterocycles. The third kappa shape index (κ3) is 4.66. The number of likely N-dealkylation sites (tertiary alicyclic amines) is 1. The number of carbonyl (C=O) groups excluding carboxylic acids is 2. The SMILES string of the molecule is C=CC(=C)N1CCCC(NC(=O)c2sc3nccc4c3c2NC(=O)N4c2ccc(Oc3ccccc3)nc2C)C1. The van der Waals surface area contributed by atoms with Crippen molar-refractivity contribution in [2.75, 3.05) is 23.3 Å². The molecule has 10 heteroatoms. The molecule has 1 fully saturated rings. The number of ether oxygens (including phenoxy) is 1. The Labute approximate surface area is 235 Å². The summed E-state index contributed by atoms with van der Waals surface area (Å²) >= 11 is 1.27. The molecule has 202 valence electrons. The van der Waals surface area contributed by atoms with Gasteiger partial charge in [-0.05, 0) is 50.1 Å². The number of allylic oxidation sites excluding steroid dienone is 1. The predicted molar refractivity (Wildman–Crippen MR) is 158 cm³/mol. The maximum atomic E-state index is 13.5. The van der Waals surface area contributed by atoms with E-state index in [1.807, 2.05) is 43.3 Å². The van der Waals surface area contributed by atoms with Crippen molar-refractivity contribution in [1.29, 1.82) is 0 Å². The Morgan fingerprint density at radius 2 is 2.02 bits per heavy atom. The molecule has 1 unspecified atom stereocenters. The number of benzene rings is 1. The zero-order valence-electron chi connectivity index (χ0n) is 22.0. The second kappa shape index (κ2) is 10.5. The minimum Gasteiger partial charge on any atom is -0.439 e. The van der Waals surface area contributed by atoms with Gasteiger partial charge in [-0.1, -0.05) is 31.4 Å². The fourth-order valence-corrected chi connectivity index (χ4v) is 6.17. The van der Waals surface area contributed by atoms with Crippen LogP contribution in [0, 0.1) is 6.92 Å². The average molecular weight is 553 g/mol. The molecular formula is C30H28N6O3S. The lowest BCUT2D eigenvalue weighted by atomic mass is 10.0. The third-order valence-electron chi connectivity index (χ3n) is 7.09. The molecule has 3 amide bonds. The minimum atomic E-state index is -0.375. The van der Waals surface area contributed by atoms with E-state index in [0.717, 1.165) is 30.5 Å². The summed E-state index contributed by atoms with van der Waals surface area (Å²) in [5, 5.41) is 6.84. The second-order valence-corrected chi connectivity index (χ2v) is 10.7. The highest BCUT2D eigenvalue weighted by Crippen LogP contribution is 2.46. The Morgan fingerprint density at radius 1 is 1.20 bits per heavy atom. The van der Waals surface area contributed by atoms with Crippen LogP contribution in [0.4, 0.5) is 21.9 Å². The number of pyridine rings is 2. The normalized spacial score (nSPS) is 16.4. The molecule has 40 heavy (non-hydrogen) atoms. The van der Waals surface area contributed by atoms with Crippen molar-refractivity contribution in [3.63, 3.8) is 0 Å². The van der Waals surface area contributed by atoms with E-state index in [2.05, 4.69) is 38.7 Å². The summed E-state index contributed by atoms with van der Waals surface area (Å²) in [7, 11) is 0. The topological polar surface area (TPSA) is 99.7 Å². The third-order valence-corrected chi connectivity index (χ3v) is 8.19. The Kier molecular flexibility index (Phi) is 6.69. The molecule has 2 aliphatic rings. The van der Waals surface area contributed by atoms with Gasteiger partial charge in [-0.3, -0.25) is 9.69 Å². The maximum absolute atomic E-state index is 13.5. The summed E-state index contributed by atoms with van der Waals surface area (Å²) in [6, 6.07) is 14.3. The zero-order valence-corrected chi connectivity index (χ0v) is 22.8. The van der Waals surface area contributed by atoms with E-state index >= 15 is 0 Å². The number of nitrogens with one attached hydrogen (secondary N) is 2. The fraction of sp³-hybridized carbons (Fsp3) is 0.200. The fourth-order valence-electron chi connectivity index (χ4n) is 5.15. The van der Waals surface area contributed by atoms with E-state index in [4.69, 9.17) is 4.74 Å². The number of piperidine rings is 1. The summed E-state index contributed by atoms with van der Waals surface area (Å²) in [6.45, 7) is 11.2. The molecule has 0 spiro atoms. The lowest BCUT2D eigenvalue weighted by Gasteiger charge is -2.35. The van der Waals surface area contributed by atoms with Crippen LogP contribution in [0.1, 0.15) is 28.2 Å². The summed E-state index contributed by atoms with van der Waals surface area (Å²) in [5.41, 5.74) is 3.21. The number of anilines is 3. The summed E-state index contributed by atoms with van der Waals surface area (Å²) in [5.74, 6) is 0.876. The first-order valence-corrected chi connectivity index (χ1v) is 13.8. The number of aryl methyl sites for hydroxylation is 1. The molecule has 4 aromatic rings. The van der Waals surface area contributed by atoms with Gasteiger partial charge in [0, 0.05) is 37.1 Å². The van der Waals surface area contributed by atoms with E-state index < -0.39 is 0 Å². The van der Waals surface area contributed by atoms with Crippen molar-refractivity contribution in [1.82, 2.24) is 20.2 Å². The molecule has 9 nitrogen and oxygen atoms in total. The Bertz CT molecular complexity index is 1650. The van der Waals surface area contributed by atoms with Gasteiger partial charge in [-0.2, -0.15) is 0 Å². The summed E-state index contributed by atoms with van der Waals surface area (Å²) in [6.07, 6.45) is 5.19. The number of hydrogen-bond acceptors (Lipinski definition) is 7. The number of carbonyl (C=O) groups is 2. The number of nitrogens with zero attached hydrogens (tertiary/aromatic N) is 4. The highest BCUT2D eigenvalue weighted by molar-refractivity contribution is 7.21. The van der Waals surface area contributed by atoms with Gasteiger partial charge in [0.15, 0.2) is 0 Å². The lowest BCUT2D eigenvalue weighted by Crippen LogP contribution is -2.47. The molecule has 1 aromatic carbocycles. The number of para-hydroxylation sites is 1. The number of urea groups is 1. The van der Waals surface area contributed by atoms with Gasteiger partial charge in [0.05, 0.1) is 28.1 Å². The molecule has 1 atom stereocenters. The Balaban J connectivity index is 1.29. The Hall–Kier alpha value is -4.70. The van der Waals surface area contributed by atoms with Gasteiger partial charge in [0.1, 0.15) is 15.5 Å². The van der Waals surface area contributed by atoms with Crippen molar-refractivity contribution < 1.29 is 14.3 Å². The van der Waals surface area contributed by atoms with Crippen LogP contribution in [0.25, 0.3) is 10.2 Å². The van der Waals surface area contributed by atoms with Crippen molar-refractivity contribution in [2.45, 2.75) is 25.8 Å². The monoisotopic (exact) mass is 552 g/mol. The average Bonchev–Trinajstić information content (AvgIpc) is 3.33. The zero-order chi connectivity index (χ0) is 27.8. The van der Waals surface area contributed by atoms with Crippen LogP contribution in [0.15, 0.2) is 79.7 Å². The first kappa shape index (κ1) is 25.6. The quantitative estimate of drug-likeness (QED) is 0.259. The van der Waals surface area contributed by atoms with Gasteiger partial charge in [-0.25, -0.2) is 14.8 Å². The highest BCUT2D eigenvalue weighted by Gasteiger charge is 2.34. The minimum absolute atomic E-state index is 0.0380. The first-order valence-electron chi connectivity index (χ1n) is 13.0. The first-order chi connectivity index (χ1) is 19.4. The molecule has 0 aliphatic carbocycles. The van der Waals surface area contributed by atoms with Crippen LogP contribution in [-0.2, 0) is 0 Å². The molecule has 1 saturated heterocycles. The molecule has 3 aromatic heterocycles. The van der Waals surface area contributed by atoms with Crippen LogP contribution in [0.2, 0.25) is 0 Å². The molecule has 0 bridgehead atoms. The van der Waals surface area contributed by atoms with E-state index in [0.29, 0.717) is 50.6 Å². The van der Waals surface area contributed by atoms with Gasteiger partial charge < -0.3 is 20.3 Å². The maximum Gasteiger partial charge on any atom is 0.331 e.